The molecule has 1 aromatic carbocycles. The minimum absolute atomic E-state index is 0.796. The third-order valence-corrected chi connectivity index (χ3v) is 3.13. The SMILES string of the molecule is Cc1cc(N(C)C)ccc1NCc1cn[nH]c1C. The van der Waals surface area contributed by atoms with Gasteiger partial charge < -0.3 is 10.2 Å². The summed E-state index contributed by atoms with van der Waals surface area (Å²) in [6, 6.07) is 6.43. The Labute approximate surface area is 108 Å². The molecule has 1 heterocycles. The highest BCUT2D eigenvalue weighted by atomic mass is 15.1. The number of aryl methyl sites for hydroxylation is 2. The average molecular weight is 244 g/mol. The van der Waals surface area contributed by atoms with Gasteiger partial charge >= 0.3 is 0 Å². The number of nitrogens with one attached hydrogen (secondary N) is 2. The summed E-state index contributed by atoms with van der Waals surface area (Å²) in [5, 5.41) is 10.4. The Morgan fingerprint density at radius 2 is 2.06 bits per heavy atom. The van der Waals surface area contributed by atoms with Crippen molar-refractivity contribution in [1.29, 1.82) is 0 Å². The molecule has 0 fully saturated rings. The summed E-state index contributed by atoms with van der Waals surface area (Å²) in [4.78, 5) is 2.11. The fraction of sp³-hybridized carbons (Fsp3) is 0.357. The predicted molar refractivity (Wildman–Crippen MR) is 76.2 cm³/mol. The van der Waals surface area contributed by atoms with Crippen LogP contribution in [-0.2, 0) is 6.54 Å². The van der Waals surface area contributed by atoms with Gasteiger partial charge in [-0.3, -0.25) is 5.10 Å². The van der Waals surface area contributed by atoms with E-state index in [-0.39, 0.29) is 0 Å². The van der Waals surface area contributed by atoms with Crippen LogP contribution in [0, 0.1) is 13.8 Å². The van der Waals surface area contributed by atoms with E-state index >= 15 is 0 Å². The third kappa shape index (κ3) is 2.64. The number of aromatic nitrogens is 2. The summed E-state index contributed by atoms with van der Waals surface area (Å²) in [6.45, 7) is 4.95. The minimum atomic E-state index is 0.796. The van der Waals surface area contributed by atoms with Gasteiger partial charge in [-0.25, -0.2) is 0 Å². The maximum absolute atomic E-state index is 4.02. The maximum Gasteiger partial charge on any atom is 0.0539 e. The van der Waals surface area contributed by atoms with Crippen molar-refractivity contribution in [3.63, 3.8) is 0 Å². The molecule has 0 aliphatic carbocycles. The van der Waals surface area contributed by atoms with Crippen LogP contribution in [0.5, 0.6) is 0 Å². The molecule has 0 saturated carbocycles. The van der Waals surface area contributed by atoms with Crippen LogP contribution in [0.2, 0.25) is 0 Å². The Kier molecular flexibility index (Phi) is 3.55. The molecule has 4 heteroatoms. The Balaban J connectivity index is 2.08. The molecule has 0 bridgehead atoms. The summed E-state index contributed by atoms with van der Waals surface area (Å²) < 4.78 is 0. The number of aromatic amines is 1. The number of benzene rings is 1. The molecule has 0 unspecified atom stereocenters. The van der Waals surface area contributed by atoms with Crippen LogP contribution < -0.4 is 10.2 Å². The lowest BCUT2D eigenvalue weighted by Crippen LogP contribution is -2.09. The second-order valence-electron chi connectivity index (χ2n) is 4.77. The van der Waals surface area contributed by atoms with Gasteiger partial charge in [-0.1, -0.05) is 0 Å². The lowest BCUT2D eigenvalue weighted by Gasteiger charge is -2.16. The zero-order valence-corrected chi connectivity index (χ0v) is 11.4. The van der Waals surface area contributed by atoms with Gasteiger partial charge in [-0.05, 0) is 37.6 Å². The zero-order valence-electron chi connectivity index (χ0n) is 11.4. The molecule has 4 nitrogen and oxygen atoms in total. The van der Waals surface area contributed by atoms with Crippen LogP contribution >= 0.6 is 0 Å². The summed E-state index contributed by atoms with van der Waals surface area (Å²) in [6.07, 6.45) is 1.87. The fourth-order valence-electron chi connectivity index (χ4n) is 1.87. The first-order chi connectivity index (χ1) is 8.58. The van der Waals surface area contributed by atoms with Crippen molar-refractivity contribution in [3.8, 4) is 0 Å². The monoisotopic (exact) mass is 244 g/mol. The highest BCUT2D eigenvalue weighted by molar-refractivity contribution is 5.59. The van der Waals surface area contributed by atoms with Gasteiger partial charge in [0.05, 0.1) is 6.20 Å². The number of hydrogen-bond donors (Lipinski definition) is 2. The van der Waals surface area contributed by atoms with E-state index in [2.05, 4.69) is 59.6 Å². The smallest absolute Gasteiger partial charge is 0.0539 e. The van der Waals surface area contributed by atoms with Crippen LogP contribution in [0.4, 0.5) is 11.4 Å². The van der Waals surface area contributed by atoms with Crippen molar-refractivity contribution in [2.75, 3.05) is 24.3 Å². The van der Waals surface area contributed by atoms with E-state index in [0.29, 0.717) is 0 Å². The van der Waals surface area contributed by atoms with Crippen molar-refractivity contribution in [1.82, 2.24) is 10.2 Å². The number of nitrogens with zero attached hydrogens (tertiary/aromatic N) is 2. The van der Waals surface area contributed by atoms with Gasteiger partial charge in [0.25, 0.3) is 0 Å². The topological polar surface area (TPSA) is 44.0 Å². The molecule has 0 saturated heterocycles. The van der Waals surface area contributed by atoms with E-state index in [1.807, 2.05) is 13.1 Å². The van der Waals surface area contributed by atoms with E-state index in [1.165, 1.54) is 22.5 Å². The standard InChI is InChI=1S/C14H20N4/c1-10-7-13(18(3)4)5-6-14(10)15-8-12-9-16-17-11(12)2/h5-7,9,15H,8H2,1-4H3,(H,16,17). The Morgan fingerprint density at radius 1 is 1.28 bits per heavy atom. The summed E-state index contributed by atoms with van der Waals surface area (Å²) in [7, 11) is 4.10. The van der Waals surface area contributed by atoms with Crippen molar-refractivity contribution in [2.45, 2.75) is 20.4 Å². The van der Waals surface area contributed by atoms with Crippen LogP contribution in [0.3, 0.4) is 0 Å². The summed E-state index contributed by atoms with van der Waals surface area (Å²) in [5.74, 6) is 0. The van der Waals surface area contributed by atoms with Crippen LogP contribution in [0.1, 0.15) is 16.8 Å². The Morgan fingerprint density at radius 3 is 2.61 bits per heavy atom. The number of anilines is 2. The zero-order chi connectivity index (χ0) is 13.1. The molecule has 18 heavy (non-hydrogen) atoms. The Bertz CT molecular complexity index is 528. The largest absolute Gasteiger partial charge is 0.381 e. The minimum Gasteiger partial charge on any atom is -0.381 e. The van der Waals surface area contributed by atoms with E-state index in [0.717, 1.165) is 12.2 Å². The molecule has 96 valence electrons. The van der Waals surface area contributed by atoms with Gasteiger partial charge in [0.2, 0.25) is 0 Å². The number of hydrogen-bond acceptors (Lipinski definition) is 3. The van der Waals surface area contributed by atoms with E-state index in [4.69, 9.17) is 0 Å². The van der Waals surface area contributed by atoms with Gasteiger partial charge in [-0.2, -0.15) is 5.10 Å². The predicted octanol–water partition coefficient (Wildman–Crippen LogP) is 2.70. The van der Waals surface area contributed by atoms with Gasteiger partial charge in [-0.15, -0.1) is 0 Å². The molecule has 1 aromatic heterocycles. The highest BCUT2D eigenvalue weighted by Crippen LogP contribution is 2.22. The molecule has 0 amide bonds. The molecular formula is C14H20N4. The second kappa shape index (κ2) is 5.12. The second-order valence-corrected chi connectivity index (χ2v) is 4.77. The first-order valence-corrected chi connectivity index (χ1v) is 6.08. The van der Waals surface area contributed by atoms with Gasteiger partial charge in [0, 0.05) is 43.3 Å². The summed E-state index contributed by atoms with van der Waals surface area (Å²) >= 11 is 0. The van der Waals surface area contributed by atoms with Gasteiger partial charge in [0.15, 0.2) is 0 Å². The Hall–Kier alpha value is -1.97. The molecule has 0 aliphatic rings. The summed E-state index contributed by atoms with van der Waals surface area (Å²) in [5.41, 5.74) is 5.96. The molecular weight excluding hydrogens is 224 g/mol. The van der Waals surface area contributed by atoms with E-state index in [1.54, 1.807) is 0 Å². The van der Waals surface area contributed by atoms with Crippen molar-refractivity contribution in [3.05, 3.63) is 41.2 Å². The molecule has 2 N–H and O–H groups in total. The van der Waals surface area contributed by atoms with Crippen molar-refractivity contribution in [2.24, 2.45) is 0 Å². The molecule has 2 aromatic rings. The van der Waals surface area contributed by atoms with Crippen LogP contribution in [-0.4, -0.2) is 24.3 Å². The van der Waals surface area contributed by atoms with Crippen molar-refractivity contribution >= 4 is 11.4 Å². The first kappa shape index (κ1) is 12.5. The lowest BCUT2D eigenvalue weighted by atomic mass is 10.1. The molecule has 0 aliphatic heterocycles. The third-order valence-electron chi connectivity index (χ3n) is 3.13. The highest BCUT2D eigenvalue weighted by Gasteiger charge is 2.03. The van der Waals surface area contributed by atoms with E-state index in [9.17, 15) is 0 Å². The molecule has 0 radical (unpaired) electrons. The number of rotatable bonds is 4. The fourth-order valence-corrected chi connectivity index (χ4v) is 1.87. The first-order valence-electron chi connectivity index (χ1n) is 6.08. The number of H-pyrrole nitrogens is 1. The van der Waals surface area contributed by atoms with Crippen LogP contribution in [0.25, 0.3) is 0 Å². The molecule has 2 rings (SSSR count). The van der Waals surface area contributed by atoms with E-state index < -0.39 is 0 Å². The quantitative estimate of drug-likeness (QED) is 0.869. The van der Waals surface area contributed by atoms with Crippen LogP contribution in [0.15, 0.2) is 24.4 Å². The molecule has 0 spiro atoms. The van der Waals surface area contributed by atoms with Gasteiger partial charge in [0.1, 0.15) is 0 Å². The lowest BCUT2D eigenvalue weighted by molar-refractivity contribution is 1.04. The molecule has 0 atom stereocenters. The van der Waals surface area contributed by atoms with Crippen molar-refractivity contribution < 1.29 is 0 Å². The normalized spacial score (nSPS) is 10.4. The average Bonchev–Trinajstić information content (AvgIpc) is 2.73. The maximum atomic E-state index is 4.02.